The molecule has 0 unspecified atom stereocenters. The first-order valence-electron chi connectivity index (χ1n) is 3.79. The SMILES string of the molecule is CC(C)(C)c1ccc(S)cc1.O. The molecule has 1 rings (SSSR count). The van der Waals surface area contributed by atoms with E-state index in [1.807, 2.05) is 12.1 Å². The predicted molar refractivity (Wildman–Crippen MR) is 56.0 cm³/mol. The third-order valence-electron chi connectivity index (χ3n) is 1.73. The molecule has 1 nitrogen and oxygen atoms in total. The Balaban J connectivity index is 0.00000121. The second kappa shape index (κ2) is 3.97. The standard InChI is InChI=1S/C10H14S.H2O/c1-10(2,3)8-4-6-9(11)7-5-8;/h4-7,11H,1-3H3;1H2. The van der Waals surface area contributed by atoms with Crippen molar-refractivity contribution in [1.29, 1.82) is 0 Å². The zero-order valence-corrected chi connectivity index (χ0v) is 8.65. The first-order valence-corrected chi connectivity index (χ1v) is 4.24. The Morgan fingerprint density at radius 3 is 1.75 bits per heavy atom. The zero-order valence-electron chi connectivity index (χ0n) is 7.76. The van der Waals surface area contributed by atoms with Crippen molar-refractivity contribution in [3.05, 3.63) is 29.8 Å². The predicted octanol–water partition coefficient (Wildman–Crippen LogP) is 2.45. The number of rotatable bonds is 0. The fraction of sp³-hybridized carbons (Fsp3) is 0.400. The number of hydrogen-bond acceptors (Lipinski definition) is 1. The molecule has 1 aromatic rings. The maximum atomic E-state index is 4.23. The molecule has 0 heterocycles. The van der Waals surface area contributed by atoms with E-state index in [2.05, 4.69) is 45.5 Å². The third kappa shape index (κ3) is 2.88. The minimum Gasteiger partial charge on any atom is -0.412 e. The summed E-state index contributed by atoms with van der Waals surface area (Å²) in [5.41, 5.74) is 1.61. The molecule has 0 saturated heterocycles. The van der Waals surface area contributed by atoms with Gasteiger partial charge in [0.05, 0.1) is 0 Å². The van der Waals surface area contributed by atoms with Gasteiger partial charge in [-0.3, -0.25) is 0 Å². The molecule has 0 aliphatic rings. The highest BCUT2D eigenvalue weighted by molar-refractivity contribution is 7.80. The summed E-state index contributed by atoms with van der Waals surface area (Å²) in [6.07, 6.45) is 0. The van der Waals surface area contributed by atoms with E-state index < -0.39 is 0 Å². The Kier molecular flexibility index (Phi) is 3.81. The van der Waals surface area contributed by atoms with Gasteiger partial charge in [-0.15, -0.1) is 12.6 Å². The Labute approximate surface area is 79.5 Å². The van der Waals surface area contributed by atoms with E-state index in [0.717, 1.165) is 4.90 Å². The van der Waals surface area contributed by atoms with Crippen molar-refractivity contribution in [2.24, 2.45) is 0 Å². The summed E-state index contributed by atoms with van der Waals surface area (Å²) < 4.78 is 0. The molecule has 0 aliphatic carbocycles. The second-order valence-electron chi connectivity index (χ2n) is 3.80. The summed E-state index contributed by atoms with van der Waals surface area (Å²) in [7, 11) is 0. The first-order chi connectivity index (χ1) is 5.00. The highest BCUT2D eigenvalue weighted by atomic mass is 32.1. The second-order valence-corrected chi connectivity index (χ2v) is 4.31. The zero-order chi connectivity index (χ0) is 8.48. The molecular weight excluding hydrogens is 168 g/mol. The van der Waals surface area contributed by atoms with Gasteiger partial charge in [0.2, 0.25) is 0 Å². The summed E-state index contributed by atoms with van der Waals surface area (Å²) in [6, 6.07) is 8.32. The summed E-state index contributed by atoms with van der Waals surface area (Å²) in [5, 5.41) is 0. The monoisotopic (exact) mass is 184 g/mol. The normalized spacial score (nSPS) is 10.7. The molecule has 1 aromatic carbocycles. The van der Waals surface area contributed by atoms with Gasteiger partial charge in [0.25, 0.3) is 0 Å². The largest absolute Gasteiger partial charge is 0.412 e. The van der Waals surface area contributed by atoms with E-state index in [4.69, 9.17) is 0 Å². The van der Waals surface area contributed by atoms with Gasteiger partial charge < -0.3 is 5.48 Å². The Morgan fingerprint density at radius 2 is 1.42 bits per heavy atom. The van der Waals surface area contributed by atoms with Crippen LogP contribution in [0.4, 0.5) is 0 Å². The topological polar surface area (TPSA) is 31.5 Å². The van der Waals surface area contributed by atoms with Gasteiger partial charge in [-0.2, -0.15) is 0 Å². The molecule has 0 atom stereocenters. The molecule has 0 spiro atoms. The van der Waals surface area contributed by atoms with Crippen molar-refractivity contribution in [3.8, 4) is 0 Å². The average Bonchev–Trinajstić information content (AvgIpc) is 1.86. The van der Waals surface area contributed by atoms with Gasteiger partial charge in [0, 0.05) is 4.90 Å². The van der Waals surface area contributed by atoms with E-state index in [1.165, 1.54) is 5.56 Å². The van der Waals surface area contributed by atoms with Crippen LogP contribution in [0.3, 0.4) is 0 Å². The molecular formula is C10H16OS. The van der Waals surface area contributed by atoms with Crippen LogP contribution >= 0.6 is 12.6 Å². The molecule has 2 N–H and O–H groups in total. The van der Waals surface area contributed by atoms with Gasteiger partial charge >= 0.3 is 0 Å². The fourth-order valence-electron chi connectivity index (χ4n) is 0.961. The molecule has 12 heavy (non-hydrogen) atoms. The van der Waals surface area contributed by atoms with Crippen LogP contribution in [0.5, 0.6) is 0 Å². The lowest BCUT2D eigenvalue weighted by molar-refractivity contribution is 0.590. The van der Waals surface area contributed by atoms with Crippen LogP contribution in [0.2, 0.25) is 0 Å². The quantitative estimate of drug-likeness (QED) is 0.601. The lowest BCUT2D eigenvalue weighted by Crippen LogP contribution is -2.10. The number of benzene rings is 1. The minimum absolute atomic E-state index is 0. The molecule has 0 saturated carbocycles. The average molecular weight is 184 g/mol. The minimum atomic E-state index is 0. The Morgan fingerprint density at radius 1 is 1.00 bits per heavy atom. The van der Waals surface area contributed by atoms with Crippen LogP contribution in [0.25, 0.3) is 0 Å². The number of hydrogen-bond donors (Lipinski definition) is 1. The molecule has 2 heteroatoms. The third-order valence-corrected chi connectivity index (χ3v) is 2.03. The Hall–Kier alpha value is -0.470. The van der Waals surface area contributed by atoms with E-state index in [-0.39, 0.29) is 10.9 Å². The van der Waals surface area contributed by atoms with Gasteiger partial charge in [0.15, 0.2) is 0 Å². The van der Waals surface area contributed by atoms with E-state index in [9.17, 15) is 0 Å². The van der Waals surface area contributed by atoms with Gasteiger partial charge in [0.1, 0.15) is 0 Å². The highest BCUT2D eigenvalue weighted by Crippen LogP contribution is 2.22. The fourth-order valence-corrected chi connectivity index (χ4v) is 1.11. The summed E-state index contributed by atoms with van der Waals surface area (Å²) in [6.45, 7) is 6.63. The molecule has 0 aliphatic heterocycles. The van der Waals surface area contributed by atoms with Crippen LogP contribution in [0.15, 0.2) is 29.2 Å². The number of thiol groups is 1. The summed E-state index contributed by atoms with van der Waals surface area (Å²) in [4.78, 5) is 1.03. The van der Waals surface area contributed by atoms with Crippen LogP contribution in [0.1, 0.15) is 26.3 Å². The van der Waals surface area contributed by atoms with Crippen molar-refractivity contribution in [1.82, 2.24) is 0 Å². The van der Waals surface area contributed by atoms with Crippen molar-refractivity contribution in [3.63, 3.8) is 0 Å². The maximum absolute atomic E-state index is 4.23. The molecule has 68 valence electrons. The van der Waals surface area contributed by atoms with Gasteiger partial charge in [-0.05, 0) is 23.1 Å². The summed E-state index contributed by atoms with van der Waals surface area (Å²) in [5.74, 6) is 0. The maximum Gasteiger partial charge on any atom is 0.00401 e. The van der Waals surface area contributed by atoms with E-state index in [0.29, 0.717) is 0 Å². The molecule has 0 amide bonds. The van der Waals surface area contributed by atoms with Crippen LogP contribution in [-0.2, 0) is 5.41 Å². The highest BCUT2D eigenvalue weighted by Gasteiger charge is 2.11. The van der Waals surface area contributed by atoms with Crippen molar-refractivity contribution >= 4 is 12.6 Å². The van der Waals surface area contributed by atoms with E-state index >= 15 is 0 Å². The van der Waals surface area contributed by atoms with Gasteiger partial charge in [-0.25, -0.2) is 0 Å². The van der Waals surface area contributed by atoms with Gasteiger partial charge in [-0.1, -0.05) is 32.9 Å². The van der Waals surface area contributed by atoms with Crippen LogP contribution in [0, 0.1) is 0 Å². The summed E-state index contributed by atoms with van der Waals surface area (Å²) >= 11 is 4.23. The smallest absolute Gasteiger partial charge is 0.00401 e. The lowest BCUT2D eigenvalue weighted by Gasteiger charge is -2.18. The van der Waals surface area contributed by atoms with Crippen LogP contribution < -0.4 is 0 Å². The van der Waals surface area contributed by atoms with Crippen LogP contribution in [-0.4, -0.2) is 5.48 Å². The molecule has 0 radical (unpaired) electrons. The van der Waals surface area contributed by atoms with Crippen molar-refractivity contribution in [2.45, 2.75) is 31.1 Å². The molecule has 0 bridgehead atoms. The van der Waals surface area contributed by atoms with E-state index in [1.54, 1.807) is 0 Å². The Bertz CT molecular complexity index is 233. The van der Waals surface area contributed by atoms with Crippen molar-refractivity contribution < 1.29 is 5.48 Å². The first kappa shape index (κ1) is 11.5. The molecule has 0 aromatic heterocycles. The molecule has 0 fully saturated rings. The van der Waals surface area contributed by atoms with Crippen molar-refractivity contribution in [2.75, 3.05) is 0 Å². The lowest BCUT2D eigenvalue weighted by atomic mass is 9.87.